The van der Waals surface area contributed by atoms with Crippen LogP contribution in [0.25, 0.3) is 0 Å². The molecule has 1 amide bonds. The summed E-state index contributed by atoms with van der Waals surface area (Å²) in [5, 5.41) is 4.11. The van der Waals surface area contributed by atoms with E-state index in [0.717, 1.165) is 19.3 Å². The van der Waals surface area contributed by atoms with Crippen molar-refractivity contribution in [2.75, 3.05) is 6.54 Å². The standard InChI is InChI=1S/C14H18Cl2N2O/c15-11-4-2-5-12(16)10(11)7-14(19)18-13-6-1-3-9(13)8-17/h2,4-5,9,13H,1,3,6-8,17H2,(H,18,19). The minimum absolute atomic E-state index is 0.0413. The molecule has 0 aliphatic heterocycles. The van der Waals surface area contributed by atoms with Crippen molar-refractivity contribution in [3.8, 4) is 0 Å². The first-order chi connectivity index (χ1) is 9.11. The van der Waals surface area contributed by atoms with Gasteiger partial charge in [-0.2, -0.15) is 0 Å². The number of hydrogen-bond donors (Lipinski definition) is 2. The van der Waals surface area contributed by atoms with E-state index in [-0.39, 0.29) is 18.4 Å². The minimum Gasteiger partial charge on any atom is -0.353 e. The highest BCUT2D eigenvalue weighted by Gasteiger charge is 2.27. The normalized spacial score (nSPS) is 22.5. The maximum Gasteiger partial charge on any atom is 0.224 e. The van der Waals surface area contributed by atoms with E-state index in [4.69, 9.17) is 28.9 Å². The highest BCUT2D eigenvalue weighted by atomic mass is 35.5. The van der Waals surface area contributed by atoms with E-state index >= 15 is 0 Å². The summed E-state index contributed by atoms with van der Waals surface area (Å²) in [6.07, 6.45) is 3.43. The largest absolute Gasteiger partial charge is 0.353 e. The second-order valence-corrected chi connectivity index (χ2v) is 5.79. The molecular formula is C14H18Cl2N2O. The maximum atomic E-state index is 12.1. The fourth-order valence-electron chi connectivity index (χ4n) is 2.63. The van der Waals surface area contributed by atoms with Crippen molar-refractivity contribution in [2.45, 2.75) is 31.7 Å². The van der Waals surface area contributed by atoms with E-state index in [9.17, 15) is 4.79 Å². The van der Waals surface area contributed by atoms with Gasteiger partial charge in [0.1, 0.15) is 0 Å². The van der Waals surface area contributed by atoms with Crippen LogP contribution in [0, 0.1) is 5.92 Å². The van der Waals surface area contributed by atoms with Crippen LogP contribution in [0.4, 0.5) is 0 Å². The fourth-order valence-corrected chi connectivity index (χ4v) is 3.16. The molecule has 104 valence electrons. The Kier molecular flexibility index (Phi) is 5.08. The molecule has 0 bridgehead atoms. The number of hydrogen-bond acceptors (Lipinski definition) is 2. The van der Waals surface area contributed by atoms with Gasteiger partial charge in [0.25, 0.3) is 0 Å². The summed E-state index contributed by atoms with van der Waals surface area (Å²) in [6, 6.07) is 5.45. The Labute approximate surface area is 123 Å². The molecule has 1 fully saturated rings. The van der Waals surface area contributed by atoms with Crippen LogP contribution in [-0.4, -0.2) is 18.5 Å². The molecule has 0 spiro atoms. The molecule has 19 heavy (non-hydrogen) atoms. The Hall–Kier alpha value is -0.770. The molecule has 2 rings (SSSR count). The molecule has 0 heterocycles. The van der Waals surface area contributed by atoms with E-state index in [1.807, 2.05) is 0 Å². The van der Waals surface area contributed by atoms with Crippen LogP contribution in [0.3, 0.4) is 0 Å². The Morgan fingerprint density at radius 3 is 2.63 bits per heavy atom. The molecule has 3 nitrogen and oxygen atoms in total. The monoisotopic (exact) mass is 300 g/mol. The van der Waals surface area contributed by atoms with Crippen molar-refractivity contribution in [3.63, 3.8) is 0 Å². The highest BCUT2D eigenvalue weighted by molar-refractivity contribution is 6.36. The average molecular weight is 301 g/mol. The predicted octanol–water partition coefficient (Wildman–Crippen LogP) is 2.78. The van der Waals surface area contributed by atoms with Crippen molar-refractivity contribution in [2.24, 2.45) is 11.7 Å². The van der Waals surface area contributed by atoms with Crippen LogP contribution in [0.5, 0.6) is 0 Å². The third-order valence-electron chi connectivity index (χ3n) is 3.71. The molecular weight excluding hydrogens is 283 g/mol. The first-order valence-corrected chi connectivity index (χ1v) is 7.29. The third kappa shape index (κ3) is 3.62. The fraction of sp³-hybridized carbons (Fsp3) is 0.500. The zero-order valence-corrected chi connectivity index (χ0v) is 12.2. The second kappa shape index (κ2) is 6.60. The topological polar surface area (TPSA) is 55.1 Å². The van der Waals surface area contributed by atoms with Crippen molar-refractivity contribution >= 4 is 29.1 Å². The van der Waals surface area contributed by atoms with Gasteiger partial charge in [-0.25, -0.2) is 0 Å². The third-order valence-corrected chi connectivity index (χ3v) is 4.42. The van der Waals surface area contributed by atoms with Crippen LogP contribution in [0.2, 0.25) is 10.0 Å². The van der Waals surface area contributed by atoms with Gasteiger partial charge in [0.15, 0.2) is 0 Å². The zero-order chi connectivity index (χ0) is 13.8. The molecule has 1 aromatic carbocycles. The van der Waals surface area contributed by atoms with Gasteiger partial charge >= 0.3 is 0 Å². The van der Waals surface area contributed by atoms with Gasteiger partial charge in [-0.05, 0) is 43.0 Å². The molecule has 2 unspecified atom stereocenters. The van der Waals surface area contributed by atoms with Crippen molar-refractivity contribution in [1.29, 1.82) is 0 Å². The number of benzene rings is 1. The molecule has 5 heteroatoms. The molecule has 1 saturated carbocycles. The lowest BCUT2D eigenvalue weighted by Crippen LogP contribution is -2.40. The average Bonchev–Trinajstić information content (AvgIpc) is 2.81. The maximum absolute atomic E-state index is 12.1. The summed E-state index contributed by atoms with van der Waals surface area (Å²) >= 11 is 12.1. The van der Waals surface area contributed by atoms with Crippen molar-refractivity contribution in [3.05, 3.63) is 33.8 Å². The number of halogens is 2. The summed E-state index contributed by atoms with van der Waals surface area (Å²) < 4.78 is 0. The summed E-state index contributed by atoms with van der Waals surface area (Å²) in [6.45, 7) is 0.623. The number of carbonyl (C=O) groups is 1. The number of carbonyl (C=O) groups excluding carboxylic acids is 1. The molecule has 2 atom stereocenters. The molecule has 1 aliphatic carbocycles. The summed E-state index contributed by atoms with van der Waals surface area (Å²) in [7, 11) is 0. The molecule has 3 N–H and O–H groups in total. The molecule has 0 saturated heterocycles. The quantitative estimate of drug-likeness (QED) is 0.898. The van der Waals surface area contributed by atoms with E-state index in [1.54, 1.807) is 18.2 Å². The lowest BCUT2D eigenvalue weighted by molar-refractivity contribution is -0.121. The van der Waals surface area contributed by atoms with Gasteiger partial charge < -0.3 is 11.1 Å². The Bertz CT molecular complexity index is 445. The van der Waals surface area contributed by atoms with Gasteiger partial charge in [-0.1, -0.05) is 35.7 Å². The molecule has 1 aliphatic rings. The summed E-state index contributed by atoms with van der Waals surface area (Å²) in [4.78, 5) is 12.1. The van der Waals surface area contributed by atoms with Gasteiger partial charge in [0.2, 0.25) is 5.91 Å². The first-order valence-electron chi connectivity index (χ1n) is 6.54. The first kappa shape index (κ1) is 14.6. The summed E-state index contributed by atoms with van der Waals surface area (Å²) in [5.41, 5.74) is 6.39. The number of rotatable bonds is 4. The van der Waals surface area contributed by atoms with Gasteiger partial charge in [0, 0.05) is 16.1 Å². The van der Waals surface area contributed by atoms with E-state index in [2.05, 4.69) is 5.32 Å². The number of amides is 1. The SMILES string of the molecule is NCC1CCCC1NC(=O)Cc1c(Cl)cccc1Cl. The predicted molar refractivity (Wildman–Crippen MR) is 78.5 cm³/mol. The second-order valence-electron chi connectivity index (χ2n) is 4.98. The molecule has 0 aromatic heterocycles. The van der Waals surface area contributed by atoms with Gasteiger partial charge in [-0.15, -0.1) is 0 Å². The Balaban J connectivity index is 1.98. The van der Waals surface area contributed by atoms with Crippen molar-refractivity contribution in [1.82, 2.24) is 5.32 Å². The molecule has 0 radical (unpaired) electrons. The van der Waals surface area contributed by atoms with Gasteiger partial charge in [-0.3, -0.25) is 4.79 Å². The zero-order valence-electron chi connectivity index (χ0n) is 10.7. The van der Waals surface area contributed by atoms with E-state index < -0.39 is 0 Å². The lowest BCUT2D eigenvalue weighted by atomic mass is 10.0. The smallest absolute Gasteiger partial charge is 0.224 e. The Morgan fingerprint density at radius 1 is 1.32 bits per heavy atom. The number of nitrogens with two attached hydrogens (primary N) is 1. The van der Waals surface area contributed by atoms with Crippen LogP contribution >= 0.6 is 23.2 Å². The highest BCUT2D eigenvalue weighted by Crippen LogP contribution is 2.26. The van der Waals surface area contributed by atoms with Crippen LogP contribution in [0.1, 0.15) is 24.8 Å². The lowest BCUT2D eigenvalue weighted by Gasteiger charge is -2.19. The van der Waals surface area contributed by atoms with E-state index in [0.29, 0.717) is 28.1 Å². The summed E-state index contributed by atoms with van der Waals surface area (Å²) in [5.74, 6) is 0.353. The number of nitrogens with one attached hydrogen (secondary N) is 1. The molecule has 1 aromatic rings. The van der Waals surface area contributed by atoms with Gasteiger partial charge in [0.05, 0.1) is 6.42 Å². The Morgan fingerprint density at radius 2 is 2.00 bits per heavy atom. The van der Waals surface area contributed by atoms with Crippen LogP contribution in [-0.2, 0) is 11.2 Å². The van der Waals surface area contributed by atoms with E-state index in [1.165, 1.54) is 0 Å². The van der Waals surface area contributed by atoms with Crippen molar-refractivity contribution < 1.29 is 4.79 Å². The van der Waals surface area contributed by atoms with Crippen LogP contribution < -0.4 is 11.1 Å². The van der Waals surface area contributed by atoms with Crippen LogP contribution in [0.15, 0.2) is 18.2 Å². The minimum atomic E-state index is -0.0413.